The summed E-state index contributed by atoms with van der Waals surface area (Å²) in [5.41, 5.74) is 0.335. The van der Waals surface area contributed by atoms with Crippen LogP contribution in [0.4, 0.5) is 0 Å². The number of carbonyl (C=O) groups excluding carboxylic acids is 1. The van der Waals surface area contributed by atoms with Crippen LogP contribution in [-0.2, 0) is 0 Å². The molecule has 0 radical (unpaired) electrons. The number of carbonyl (C=O) groups is 1. The summed E-state index contributed by atoms with van der Waals surface area (Å²) in [6.07, 6.45) is 5.23. The highest BCUT2D eigenvalue weighted by atomic mass is 16.5. The van der Waals surface area contributed by atoms with Crippen molar-refractivity contribution in [3.63, 3.8) is 0 Å². The highest BCUT2D eigenvalue weighted by Crippen LogP contribution is 2.34. The predicted octanol–water partition coefficient (Wildman–Crippen LogP) is 1.46. The molecule has 19 heavy (non-hydrogen) atoms. The molecule has 5 heteroatoms. The minimum atomic E-state index is -0.370. The Bertz CT molecular complexity index is 505. The zero-order valence-corrected chi connectivity index (χ0v) is 11.4. The van der Waals surface area contributed by atoms with Crippen molar-refractivity contribution in [1.82, 2.24) is 5.32 Å². The largest absolute Gasteiger partial charge is 0.496 e. The van der Waals surface area contributed by atoms with Crippen LogP contribution in [0.1, 0.15) is 17.3 Å². The van der Waals surface area contributed by atoms with Crippen molar-refractivity contribution in [3.8, 4) is 29.6 Å². The molecule has 0 fully saturated rings. The molecule has 0 saturated carbocycles. The predicted molar refractivity (Wildman–Crippen MR) is 71.9 cm³/mol. The maximum absolute atomic E-state index is 12.1. The minimum Gasteiger partial charge on any atom is -0.496 e. The number of methoxy groups -OCH3 is 3. The molecule has 5 nitrogen and oxygen atoms in total. The summed E-state index contributed by atoms with van der Waals surface area (Å²) in [5, 5.41) is 2.66. The second-order valence-corrected chi connectivity index (χ2v) is 3.77. The molecule has 0 bridgehead atoms. The van der Waals surface area contributed by atoms with Gasteiger partial charge in [-0.2, -0.15) is 0 Å². The summed E-state index contributed by atoms with van der Waals surface area (Å²) in [5.74, 6) is 3.42. The van der Waals surface area contributed by atoms with E-state index in [0.29, 0.717) is 22.8 Å². The third-order valence-corrected chi connectivity index (χ3v) is 2.55. The molecule has 1 unspecified atom stereocenters. The van der Waals surface area contributed by atoms with Crippen molar-refractivity contribution in [2.75, 3.05) is 21.3 Å². The van der Waals surface area contributed by atoms with Gasteiger partial charge >= 0.3 is 0 Å². The van der Waals surface area contributed by atoms with E-state index in [4.69, 9.17) is 20.6 Å². The molecule has 1 N–H and O–H groups in total. The van der Waals surface area contributed by atoms with Gasteiger partial charge in [-0.25, -0.2) is 0 Å². The molecule has 1 atom stereocenters. The van der Waals surface area contributed by atoms with Crippen LogP contribution in [0.3, 0.4) is 0 Å². The lowest BCUT2D eigenvalue weighted by molar-refractivity contribution is 0.0944. The van der Waals surface area contributed by atoms with Crippen LogP contribution < -0.4 is 19.5 Å². The zero-order chi connectivity index (χ0) is 14.4. The molecular formula is C14H17NO4. The molecule has 1 aromatic carbocycles. The summed E-state index contributed by atoms with van der Waals surface area (Å²) >= 11 is 0. The number of benzene rings is 1. The quantitative estimate of drug-likeness (QED) is 0.817. The fourth-order valence-corrected chi connectivity index (χ4v) is 1.52. The Hall–Kier alpha value is -2.35. The highest BCUT2D eigenvalue weighted by molar-refractivity contribution is 5.98. The van der Waals surface area contributed by atoms with E-state index >= 15 is 0 Å². The van der Waals surface area contributed by atoms with E-state index in [1.54, 1.807) is 19.1 Å². The van der Waals surface area contributed by atoms with E-state index in [-0.39, 0.29) is 11.9 Å². The number of rotatable bonds is 5. The molecule has 0 spiro atoms. The minimum absolute atomic E-state index is 0.330. The van der Waals surface area contributed by atoms with E-state index in [1.165, 1.54) is 21.3 Å². The third kappa shape index (κ3) is 3.32. The van der Waals surface area contributed by atoms with Gasteiger partial charge in [0.1, 0.15) is 5.75 Å². The van der Waals surface area contributed by atoms with Crippen molar-refractivity contribution in [1.29, 1.82) is 0 Å². The van der Waals surface area contributed by atoms with Gasteiger partial charge in [0, 0.05) is 12.1 Å². The van der Waals surface area contributed by atoms with Gasteiger partial charge in [-0.3, -0.25) is 4.79 Å². The Balaban J connectivity index is 3.19. The van der Waals surface area contributed by atoms with Crippen molar-refractivity contribution in [3.05, 3.63) is 17.7 Å². The van der Waals surface area contributed by atoms with Crippen LogP contribution in [0.5, 0.6) is 17.2 Å². The summed E-state index contributed by atoms with van der Waals surface area (Å²) in [7, 11) is 4.48. The van der Waals surface area contributed by atoms with E-state index in [2.05, 4.69) is 11.2 Å². The summed E-state index contributed by atoms with van der Waals surface area (Å²) in [6.45, 7) is 1.71. The fraction of sp³-hybridized carbons (Fsp3) is 0.357. The molecule has 1 rings (SSSR count). The third-order valence-electron chi connectivity index (χ3n) is 2.55. The van der Waals surface area contributed by atoms with Crippen LogP contribution in [0, 0.1) is 12.3 Å². The number of terminal acetylenes is 1. The molecule has 0 aliphatic rings. The Kier molecular flexibility index (Phi) is 5.07. The first-order chi connectivity index (χ1) is 9.07. The van der Waals surface area contributed by atoms with Gasteiger partial charge in [-0.05, 0) is 6.92 Å². The van der Waals surface area contributed by atoms with Crippen molar-refractivity contribution in [2.45, 2.75) is 13.0 Å². The molecule has 0 saturated heterocycles. The Morgan fingerprint density at radius 3 is 2.16 bits per heavy atom. The Labute approximate surface area is 112 Å². The van der Waals surface area contributed by atoms with Crippen LogP contribution in [-0.4, -0.2) is 33.3 Å². The monoisotopic (exact) mass is 263 g/mol. The lowest BCUT2D eigenvalue weighted by Gasteiger charge is -2.14. The number of hydrogen-bond donors (Lipinski definition) is 1. The van der Waals surface area contributed by atoms with E-state index < -0.39 is 0 Å². The van der Waals surface area contributed by atoms with Crippen LogP contribution in [0.2, 0.25) is 0 Å². The average molecular weight is 263 g/mol. The maximum atomic E-state index is 12.1. The normalized spacial score (nSPS) is 11.1. The van der Waals surface area contributed by atoms with Gasteiger partial charge in [-0.1, -0.05) is 5.92 Å². The van der Waals surface area contributed by atoms with Crippen molar-refractivity contribution >= 4 is 5.91 Å². The Morgan fingerprint density at radius 1 is 1.16 bits per heavy atom. The first-order valence-corrected chi connectivity index (χ1v) is 5.64. The standard InChI is InChI=1S/C14H17NO4/c1-6-9(2)15-14(16)10-7-12(18-4)13(19-5)8-11(10)17-3/h1,7-9H,2-5H3,(H,15,16). The van der Waals surface area contributed by atoms with Crippen molar-refractivity contribution < 1.29 is 19.0 Å². The lowest BCUT2D eigenvalue weighted by atomic mass is 10.1. The fourth-order valence-electron chi connectivity index (χ4n) is 1.52. The van der Waals surface area contributed by atoms with Gasteiger partial charge in [0.2, 0.25) is 0 Å². The molecule has 1 aromatic rings. The van der Waals surface area contributed by atoms with Gasteiger partial charge in [0.05, 0.1) is 32.9 Å². The maximum Gasteiger partial charge on any atom is 0.256 e. The summed E-state index contributed by atoms with van der Waals surface area (Å²) < 4.78 is 15.5. The second-order valence-electron chi connectivity index (χ2n) is 3.77. The molecule has 0 aromatic heterocycles. The summed E-state index contributed by atoms with van der Waals surface area (Å²) in [4.78, 5) is 12.1. The first-order valence-electron chi connectivity index (χ1n) is 5.64. The molecule has 0 aliphatic heterocycles. The van der Waals surface area contributed by atoms with E-state index in [0.717, 1.165) is 0 Å². The van der Waals surface area contributed by atoms with Gasteiger partial charge in [0.15, 0.2) is 11.5 Å². The SMILES string of the molecule is C#CC(C)NC(=O)c1cc(OC)c(OC)cc1OC. The highest BCUT2D eigenvalue weighted by Gasteiger charge is 2.18. The number of amides is 1. The second kappa shape index (κ2) is 6.55. The number of hydrogen-bond acceptors (Lipinski definition) is 4. The zero-order valence-electron chi connectivity index (χ0n) is 11.4. The topological polar surface area (TPSA) is 56.8 Å². The van der Waals surface area contributed by atoms with Crippen LogP contribution in [0.15, 0.2) is 12.1 Å². The summed E-state index contributed by atoms with van der Waals surface area (Å²) in [6, 6.07) is 2.77. The number of ether oxygens (including phenoxy) is 3. The molecule has 0 heterocycles. The Morgan fingerprint density at radius 2 is 1.68 bits per heavy atom. The average Bonchev–Trinajstić information content (AvgIpc) is 2.45. The smallest absolute Gasteiger partial charge is 0.256 e. The molecule has 1 amide bonds. The first kappa shape index (κ1) is 14.7. The van der Waals surface area contributed by atoms with E-state index in [9.17, 15) is 4.79 Å². The molecule has 0 aliphatic carbocycles. The van der Waals surface area contributed by atoms with Crippen LogP contribution in [0.25, 0.3) is 0 Å². The van der Waals surface area contributed by atoms with Crippen LogP contribution >= 0.6 is 0 Å². The molecule has 102 valence electrons. The van der Waals surface area contributed by atoms with E-state index in [1.807, 2.05) is 0 Å². The lowest BCUT2D eigenvalue weighted by Crippen LogP contribution is -2.31. The van der Waals surface area contributed by atoms with Crippen molar-refractivity contribution in [2.24, 2.45) is 0 Å². The van der Waals surface area contributed by atoms with Gasteiger partial charge < -0.3 is 19.5 Å². The van der Waals surface area contributed by atoms with Gasteiger partial charge in [-0.15, -0.1) is 6.42 Å². The molecular weight excluding hydrogens is 246 g/mol. The van der Waals surface area contributed by atoms with Gasteiger partial charge in [0.25, 0.3) is 5.91 Å². The number of nitrogens with one attached hydrogen (secondary N) is 1.